The highest BCUT2D eigenvalue weighted by atomic mass is 31.2. The summed E-state index contributed by atoms with van der Waals surface area (Å²) in [4.78, 5) is 52.7. The largest absolute Gasteiger partial charge is 0.472 e. The zero-order valence-corrected chi connectivity index (χ0v) is 37.7. The molecular formula is C44H74O14P2. The van der Waals surface area contributed by atoms with Crippen molar-refractivity contribution in [1.29, 1.82) is 0 Å². The van der Waals surface area contributed by atoms with Gasteiger partial charge in [0, 0.05) is 12.8 Å². The predicted molar refractivity (Wildman–Crippen MR) is 236 cm³/mol. The van der Waals surface area contributed by atoms with Gasteiger partial charge in [0.2, 0.25) is 0 Å². The minimum atomic E-state index is -4.89. The van der Waals surface area contributed by atoms with Crippen LogP contribution < -0.4 is 0 Å². The van der Waals surface area contributed by atoms with E-state index in [1.807, 2.05) is 12.2 Å². The number of esters is 2. The van der Waals surface area contributed by atoms with Crippen molar-refractivity contribution in [1.82, 2.24) is 0 Å². The Morgan fingerprint density at radius 1 is 0.567 bits per heavy atom. The van der Waals surface area contributed by atoms with E-state index in [0.29, 0.717) is 6.42 Å². The first-order chi connectivity index (χ1) is 28.8. The quantitative estimate of drug-likeness (QED) is 0.0128. The topological polar surface area (TPSA) is 216 Å². The number of hydrogen-bond donors (Lipinski definition) is 5. The fraction of sp³-hybridized carbons (Fsp3) is 0.636. The van der Waals surface area contributed by atoms with Crippen molar-refractivity contribution in [3.8, 4) is 0 Å². The van der Waals surface area contributed by atoms with Gasteiger partial charge in [0.1, 0.15) is 12.7 Å². The summed E-state index contributed by atoms with van der Waals surface area (Å²) in [6, 6.07) is 0. The third kappa shape index (κ3) is 42.0. The minimum Gasteiger partial charge on any atom is -0.462 e. The molecular weight excluding hydrogens is 814 g/mol. The second kappa shape index (κ2) is 39.1. The van der Waals surface area contributed by atoms with Gasteiger partial charge in [-0.1, -0.05) is 131 Å². The van der Waals surface area contributed by atoms with Crippen LogP contribution in [0.3, 0.4) is 0 Å². The molecule has 60 heavy (non-hydrogen) atoms. The van der Waals surface area contributed by atoms with Crippen molar-refractivity contribution in [2.24, 2.45) is 0 Å². The van der Waals surface area contributed by atoms with Gasteiger partial charge in [-0.05, 0) is 77.0 Å². The molecule has 0 fully saturated rings. The van der Waals surface area contributed by atoms with Crippen LogP contribution >= 0.6 is 15.6 Å². The number of unbranched alkanes of at least 4 members (excludes halogenated alkanes) is 8. The van der Waals surface area contributed by atoms with Gasteiger partial charge in [-0.3, -0.25) is 23.2 Å². The average molecular weight is 889 g/mol. The maximum absolute atomic E-state index is 12.7. The number of allylic oxidation sites excluding steroid dienone is 13. The van der Waals surface area contributed by atoms with Crippen LogP contribution in [0, 0.1) is 0 Å². The molecule has 0 saturated carbocycles. The molecule has 14 nitrogen and oxygen atoms in total. The van der Waals surface area contributed by atoms with Gasteiger partial charge in [-0.15, -0.1) is 0 Å². The second-order valence-electron chi connectivity index (χ2n) is 14.1. The molecule has 0 aromatic carbocycles. The molecule has 0 aliphatic carbocycles. The zero-order chi connectivity index (χ0) is 44.6. The predicted octanol–water partition coefficient (Wildman–Crippen LogP) is 9.75. The molecule has 0 aromatic rings. The molecule has 0 bridgehead atoms. The van der Waals surface area contributed by atoms with Gasteiger partial charge in [-0.2, -0.15) is 0 Å². The molecule has 0 saturated heterocycles. The summed E-state index contributed by atoms with van der Waals surface area (Å²) < 4.78 is 47.6. The van der Waals surface area contributed by atoms with E-state index in [9.17, 15) is 33.8 Å². The zero-order valence-electron chi connectivity index (χ0n) is 35.9. The second-order valence-corrected chi connectivity index (χ2v) is 16.8. The first kappa shape index (κ1) is 57.3. The van der Waals surface area contributed by atoms with E-state index in [4.69, 9.17) is 23.8 Å². The van der Waals surface area contributed by atoms with Gasteiger partial charge in [0.15, 0.2) is 6.10 Å². The number of aliphatic hydroxyl groups is 2. The minimum absolute atomic E-state index is 0.105. The van der Waals surface area contributed by atoms with Crippen LogP contribution in [-0.4, -0.2) is 81.6 Å². The lowest BCUT2D eigenvalue weighted by atomic mass is 10.1. The smallest absolute Gasteiger partial charge is 0.462 e. The van der Waals surface area contributed by atoms with Crippen molar-refractivity contribution in [3.05, 3.63) is 85.1 Å². The summed E-state index contributed by atoms with van der Waals surface area (Å²) in [5.41, 5.74) is 0. The molecule has 0 aliphatic rings. The van der Waals surface area contributed by atoms with Gasteiger partial charge in [0.25, 0.3) is 0 Å². The van der Waals surface area contributed by atoms with Gasteiger partial charge < -0.3 is 34.4 Å². The van der Waals surface area contributed by atoms with E-state index >= 15 is 0 Å². The Morgan fingerprint density at radius 3 is 1.73 bits per heavy atom. The van der Waals surface area contributed by atoms with E-state index < -0.39 is 72.3 Å². The third-order valence-electron chi connectivity index (χ3n) is 8.36. The molecule has 0 radical (unpaired) electrons. The summed E-state index contributed by atoms with van der Waals surface area (Å²) in [5, 5.41) is 20.0. The molecule has 1 unspecified atom stereocenters. The maximum Gasteiger partial charge on any atom is 0.472 e. The third-order valence-corrected chi connectivity index (χ3v) is 9.80. The van der Waals surface area contributed by atoms with Crippen molar-refractivity contribution >= 4 is 27.6 Å². The molecule has 0 amide bonds. The Labute approximate surface area is 359 Å². The van der Waals surface area contributed by atoms with Gasteiger partial charge >= 0.3 is 27.6 Å². The standard InChI is InChI=1S/C44H74O14P2/c1-3-5-7-9-11-13-15-17-18-20-22-24-26-28-30-34-43(47)54-38-42(39-57-60(52,53)56-37-41(46)36-55-59(49,50)51)58-44(48)35-31-33-40(45)32-29-27-25-23-21-19-16-14-12-10-8-6-4-2/h5,7,11-14,17-19,21,25,27,29,32,40-42,45-46H,3-4,6,8-10,15-16,20,22-24,26,28,30-31,33-39H2,1-2H3,(H,52,53)(H2,49,50,51)/b7-5-,13-11-,14-12-,18-17-,21-19-,27-25-,32-29+/t40-,41-,42+/m0/s1. The van der Waals surface area contributed by atoms with Crippen molar-refractivity contribution < 1.29 is 66.7 Å². The maximum atomic E-state index is 12.7. The number of rotatable bonds is 39. The molecule has 0 aliphatic heterocycles. The lowest BCUT2D eigenvalue weighted by molar-refractivity contribution is -0.161. The highest BCUT2D eigenvalue weighted by Crippen LogP contribution is 2.43. The summed E-state index contributed by atoms with van der Waals surface area (Å²) in [7, 11) is -9.76. The number of carbonyl (C=O) groups is 2. The Bertz CT molecular complexity index is 1400. The van der Waals surface area contributed by atoms with E-state index in [0.717, 1.165) is 70.6 Å². The van der Waals surface area contributed by atoms with Crippen LogP contribution in [-0.2, 0) is 41.8 Å². The summed E-state index contributed by atoms with van der Waals surface area (Å²) >= 11 is 0. The SMILES string of the molecule is CC/C=C\C/C=C\C/C=C\CCCCCCCC(=O)OC[C@H](COP(=O)(O)OC[C@@H](O)COP(=O)(O)O)OC(=O)CCC[C@@H](O)/C=C/C=C\C/C=C\C/C=C\CCCCC. The molecule has 0 aromatic heterocycles. The van der Waals surface area contributed by atoms with E-state index in [1.165, 1.54) is 19.3 Å². The molecule has 344 valence electrons. The van der Waals surface area contributed by atoms with Crippen LogP contribution in [0.15, 0.2) is 85.1 Å². The Morgan fingerprint density at radius 2 is 1.10 bits per heavy atom. The van der Waals surface area contributed by atoms with Crippen molar-refractivity contribution in [2.45, 2.75) is 154 Å². The van der Waals surface area contributed by atoms with Crippen LogP contribution in [0.4, 0.5) is 0 Å². The summed E-state index contributed by atoms with van der Waals surface area (Å²) in [5.74, 6) is -1.26. The number of carbonyl (C=O) groups excluding carboxylic acids is 2. The summed E-state index contributed by atoms with van der Waals surface area (Å²) in [6.45, 7) is 1.36. The normalized spacial score (nSPS) is 15.4. The van der Waals surface area contributed by atoms with E-state index in [1.54, 1.807) is 12.2 Å². The number of phosphoric acid groups is 2. The first-order valence-corrected chi connectivity index (χ1v) is 24.4. The van der Waals surface area contributed by atoms with Gasteiger partial charge in [-0.25, -0.2) is 9.13 Å². The average Bonchev–Trinajstić information content (AvgIpc) is 3.20. The highest BCUT2D eigenvalue weighted by Gasteiger charge is 2.28. The summed E-state index contributed by atoms with van der Waals surface area (Å²) in [6.07, 6.45) is 40.3. The van der Waals surface area contributed by atoms with Gasteiger partial charge in [0.05, 0.1) is 25.9 Å². The Hall–Kier alpha value is -2.74. The van der Waals surface area contributed by atoms with Crippen LogP contribution in [0.5, 0.6) is 0 Å². The lowest BCUT2D eigenvalue weighted by Crippen LogP contribution is -2.30. The van der Waals surface area contributed by atoms with Crippen molar-refractivity contribution in [2.75, 3.05) is 26.4 Å². The monoisotopic (exact) mass is 888 g/mol. The molecule has 0 heterocycles. The number of hydrogen-bond acceptors (Lipinski definition) is 11. The van der Waals surface area contributed by atoms with Crippen molar-refractivity contribution in [3.63, 3.8) is 0 Å². The van der Waals surface area contributed by atoms with Crippen LogP contribution in [0.2, 0.25) is 0 Å². The number of ether oxygens (including phenoxy) is 2. The van der Waals surface area contributed by atoms with E-state index in [2.05, 4.69) is 83.7 Å². The Kier molecular flexibility index (Phi) is 37.3. The molecule has 16 heteroatoms. The molecule has 0 rings (SSSR count). The highest BCUT2D eigenvalue weighted by molar-refractivity contribution is 7.47. The lowest BCUT2D eigenvalue weighted by Gasteiger charge is -2.20. The molecule has 0 spiro atoms. The molecule has 4 atom stereocenters. The van der Waals surface area contributed by atoms with Crippen LogP contribution in [0.1, 0.15) is 136 Å². The number of aliphatic hydroxyl groups excluding tert-OH is 2. The fourth-order valence-electron chi connectivity index (χ4n) is 5.11. The Balaban J connectivity index is 4.77. The van der Waals surface area contributed by atoms with Crippen LogP contribution in [0.25, 0.3) is 0 Å². The number of phosphoric ester groups is 2. The first-order valence-electron chi connectivity index (χ1n) is 21.4. The fourth-order valence-corrected chi connectivity index (χ4v) is 6.27. The molecule has 5 N–H and O–H groups in total. The van der Waals surface area contributed by atoms with E-state index in [-0.39, 0.29) is 25.7 Å².